The van der Waals surface area contributed by atoms with Crippen molar-refractivity contribution >= 4 is 57.1 Å². The van der Waals surface area contributed by atoms with Gasteiger partial charge < -0.3 is 14.5 Å². The highest BCUT2D eigenvalue weighted by molar-refractivity contribution is 6.63. The van der Waals surface area contributed by atoms with Crippen molar-refractivity contribution in [2.24, 2.45) is 0 Å². The topological polar surface area (TPSA) is 136 Å². The molecule has 0 spiro atoms. The SMILES string of the molecule is CCN(C(=O)Cl)C1C(Cl)=C(OC2=C(Cl)C(N(CC)C(=O)Cl)C(c3ccccc3C(F)(F)F)([N+](=O)[O-])C=C2)C=CC1(c1ccccc1C(F)(F)F)[N+](=O)[O-]. The number of halogens is 10. The number of benzene rings is 2. The van der Waals surface area contributed by atoms with Gasteiger partial charge in [-0.05, 0) is 61.3 Å². The van der Waals surface area contributed by atoms with Gasteiger partial charge in [0.1, 0.15) is 11.5 Å². The maximum atomic E-state index is 14.3. The zero-order valence-electron chi connectivity index (χ0n) is 26.9. The number of alkyl halides is 6. The van der Waals surface area contributed by atoms with Crippen LogP contribution in [0, 0.1) is 20.2 Å². The Balaban J connectivity index is 2.01. The minimum absolute atomic E-state index is 0.438. The minimum atomic E-state index is -5.13. The first-order valence-corrected chi connectivity index (χ1v) is 16.5. The van der Waals surface area contributed by atoms with E-state index in [-0.39, 0.29) is 0 Å². The van der Waals surface area contributed by atoms with Crippen LogP contribution in [-0.4, -0.2) is 55.6 Å². The van der Waals surface area contributed by atoms with Gasteiger partial charge in [0, 0.05) is 46.2 Å². The fourth-order valence-electron chi connectivity index (χ4n) is 6.40. The summed E-state index contributed by atoms with van der Waals surface area (Å²) < 4.78 is 91.4. The van der Waals surface area contributed by atoms with Gasteiger partial charge in [-0.1, -0.05) is 59.6 Å². The highest BCUT2D eigenvalue weighted by Gasteiger charge is 2.62. The highest BCUT2D eigenvalue weighted by atomic mass is 35.5. The number of hydrogen-bond acceptors (Lipinski definition) is 7. The van der Waals surface area contributed by atoms with E-state index >= 15 is 0 Å². The van der Waals surface area contributed by atoms with Crippen LogP contribution in [0.2, 0.25) is 0 Å². The van der Waals surface area contributed by atoms with Crippen molar-refractivity contribution in [2.45, 2.75) is 49.4 Å². The molecule has 21 heteroatoms. The molecule has 0 radical (unpaired) electrons. The third-order valence-corrected chi connectivity index (χ3v) is 9.89. The molecule has 0 fully saturated rings. The second kappa shape index (κ2) is 15.2. The number of rotatable bonds is 10. The molecule has 2 amide bonds. The number of ether oxygens (including phenoxy) is 1. The molecule has 2 aromatic rings. The summed E-state index contributed by atoms with van der Waals surface area (Å²) in [5.41, 5.74) is -10.6. The van der Waals surface area contributed by atoms with Crippen LogP contribution in [0.1, 0.15) is 36.1 Å². The lowest BCUT2D eigenvalue weighted by molar-refractivity contribution is -0.570. The van der Waals surface area contributed by atoms with Gasteiger partial charge >= 0.3 is 23.1 Å². The molecule has 0 N–H and O–H groups in total. The summed E-state index contributed by atoms with van der Waals surface area (Å²) in [5.74, 6) is -1.20. The van der Waals surface area contributed by atoms with E-state index in [2.05, 4.69) is 0 Å². The molecule has 0 aliphatic heterocycles. The molecule has 0 saturated carbocycles. The number of hydrogen-bond donors (Lipinski definition) is 0. The Kier molecular flexibility index (Phi) is 11.9. The van der Waals surface area contributed by atoms with Crippen molar-refractivity contribution in [3.05, 3.63) is 137 Å². The van der Waals surface area contributed by atoms with E-state index in [9.17, 15) is 56.2 Å². The normalized spacial score (nSPS) is 23.2. The van der Waals surface area contributed by atoms with Crippen LogP contribution in [0.4, 0.5) is 35.9 Å². The third-order valence-electron chi connectivity index (χ3n) is 8.67. The number of allylic oxidation sites excluding steroid dienone is 2. The molecule has 2 aliphatic carbocycles. The van der Waals surface area contributed by atoms with Crippen molar-refractivity contribution < 1.29 is 50.5 Å². The minimum Gasteiger partial charge on any atom is -0.455 e. The van der Waals surface area contributed by atoms with Crippen LogP contribution in [0.5, 0.6) is 0 Å². The van der Waals surface area contributed by atoms with E-state index in [1.807, 2.05) is 0 Å². The van der Waals surface area contributed by atoms with Crippen LogP contribution in [0.15, 0.2) is 94.4 Å². The lowest BCUT2D eigenvalue weighted by Crippen LogP contribution is -2.57. The van der Waals surface area contributed by atoms with Crippen LogP contribution in [-0.2, 0) is 28.2 Å². The summed E-state index contributed by atoms with van der Waals surface area (Å²) in [7, 11) is 0. The Morgan fingerprint density at radius 1 is 0.717 bits per heavy atom. The van der Waals surface area contributed by atoms with Crippen LogP contribution in [0.3, 0.4) is 0 Å². The van der Waals surface area contributed by atoms with Gasteiger partial charge in [-0.25, -0.2) is 0 Å². The summed E-state index contributed by atoms with van der Waals surface area (Å²) in [4.78, 5) is 50.1. The molecule has 2 aliphatic rings. The van der Waals surface area contributed by atoms with E-state index in [0.29, 0.717) is 34.1 Å². The number of nitro groups is 2. The van der Waals surface area contributed by atoms with Gasteiger partial charge in [0.15, 0.2) is 12.1 Å². The fourth-order valence-corrected chi connectivity index (χ4v) is 7.61. The maximum absolute atomic E-state index is 14.3. The molecule has 284 valence electrons. The Morgan fingerprint density at radius 2 is 1.04 bits per heavy atom. The molecule has 4 atom stereocenters. The van der Waals surface area contributed by atoms with Crippen LogP contribution < -0.4 is 0 Å². The quantitative estimate of drug-likeness (QED) is 0.0765. The number of amides is 2. The zero-order chi connectivity index (χ0) is 39.8. The average Bonchev–Trinajstić information content (AvgIpc) is 3.07. The Morgan fingerprint density at radius 3 is 1.30 bits per heavy atom. The molecule has 11 nitrogen and oxygen atoms in total. The predicted octanol–water partition coefficient (Wildman–Crippen LogP) is 9.52. The molecule has 0 bridgehead atoms. The zero-order valence-corrected chi connectivity index (χ0v) is 29.9. The van der Waals surface area contributed by atoms with Crippen molar-refractivity contribution in [1.29, 1.82) is 0 Å². The van der Waals surface area contributed by atoms with E-state index < -0.39 is 113 Å². The Labute approximate surface area is 315 Å². The van der Waals surface area contributed by atoms with Crippen molar-refractivity contribution in [1.82, 2.24) is 9.80 Å². The summed E-state index contributed by atoms with van der Waals surface area (Å²) in [6.07, 6.45) is -7.34. The molecule has 53 heavy (non-hydrogen) atoms. The number of carbonyl (C=O) groups is 2. The predicted molar refractivity (Wildman–Crippen MR) is 180 cm³/mol. The Hall–Kier alpha value is -4.32. The third kappa shape index (κ3) is 7.18. The van der Waals surface area contributed by atoms with E-state index in [4.69, 9.17) is 51.1 Å². The largest absolute Gasteiger partial charge is 0.455 e. The Bertz CT molecular complexity index is 1830. The van der Waals surface area contributed by atoms with Gasteiger partial charge in [0.05, 0.1) is 21.2 Å². The maximum Gasteiger partial charge on any atom is 0.416 e. The average molecular weight is 832 g/mol. The first-order chi connectivity index (χ1) is 24.6. The van der Waals surface area contributed by atoms with Crippen molar-refractivity contribution in [3.8, 4) is 0 Å². The number of carbonyl (C=O) groups excluding carboxylic acids is 2. The van der Waals surface area contributed by atoms with Gasteiger partial charge in [-0.3, -0.25) is 29.8 Å². The first kappa shape index (κ1) is 41.4. The van der Waals surface area contributed by atoms with E-state index in [1.165, 1.54) is 13.8 Å². The standard InChI is InChI=1S/C32H24Cl4F6N4O7/c1-3-43(27(35)47)25-23(33)21(13-15-29(25,45(49)50)17-9-5-7-11-19(17)31(37,38)39)53-22-14-16-30(46(51)52,26(24(22)34)44(4-2)28(36)48)18-10-6-8-12-20(18)32(40,41)42/h5-16,25-26H,3-4H2,1-2H3. The monoisotopic (exact) mass is 830 g/mol. The number of likely N-dealkylation sites (N-methyl/N-ethyl adjacent to an activating group) is 2. The van der Waals surface area contributed by atoms with Gasteiger partial charge in [-0.2, -0.15) is 26.3 Å². The van der Waals surface area contributed by atoms with E-state index in [0.717, 1.165) is 48.6 Å². The smallest absolute Gasteiger partial charge is 0.416 e. The number of nitrogens with zero attached hydrogens (tertiary/aromatic N) is 4. The molecule has 2 aromatic carbocycles. The molecular formula is C32H24Cl4F6N4O7. The molecule has 0 saturated heterocycles. The summed E-state index contributed by atoms with van der Waals surface area (Å²) in [6, 6.07) is 2.71. The van der Waals surface area contributed by atoms with Crippen LogP contribution >= 0.6 is 46.4 Å². The van der Waals surface area contributed by atoms with Gasteiger partial charge in [0.25, 0.3) is 11.1 Å². The van der Waals surface area contributed by atoms with Crippen molar-refractivity contribution in [3.63, 3.8) is 0 Å². The van der Waals surface area contributed by atoms with Gasteiger partial charge in [0.2, 0.25) is 0 Å². The summed E-state index contributed by atoms with van der Waals surface area (Å²) in [6.45, 7) is 1.73. The molecule has 0 aromatic heterocycles. The van der Waals surface area contributed by atoms with Gasteiger partial charge in [-0.15, -0.1) is 0 Å². The van der Waals surface area contributed by atoms with Crippen molar-refractivity contribution in [2.75, 3.05) is 13.1 Å². The lowest BCUT2D eigenvalue weighted by Gasteiger charge is -2.41. The summed E-state index contributed by atoms with van der Waals surface area (Å²) >= 11 is 24.9. The molecular weight excluding hydrogens is 808 g/mol. The van der Waals surface area contributed by atoms with Crippen LogP contribution in [0.25, 0.3) is 0 Å². The molecule has 4 rings (SSSR count). The first-order valence-electron chi connectivity index (χ1n) is 15.0. The highest BCUT2D eigenvalue weighted by Crippen LogP contribution is 2.50. The molecule has 0 heterocycles. The second-order valence-corrected chi connectivity index (χ2v) is 12.8. The lowest BCUT2D eigenvalue weighted by atomic mass is 9.76. The summed E-state index contributed by atoms with van der Waals surface area (Å²) in [5, 5.41) is 21.6. The molecule has 4 unspecified atom stereocenters. The second-order valence-electron chi connectivity index (χ2n) is 11.3. The van der Waals surface area contributed by atoms with E-state index in [1.54, 1.807) is 0 Å². The fraction of sp³-hybridized carbons (Fsp3) is 0.312.